The van der Waals surface area contributed by atoms with E-state index in [1.807, 2.05) is 0 Å². The number of anilines is 2. The Kier molecular flexibility index (Phi) is 4.57. The number of aliphatic hydroxyl groups excluding tert-OH is 1. The number of halogens is 2. The first-order chi connectivity index (χ1) is 13.6. The lowest BCUT2D eigenvalue weighted by Gasteiger charge is -2.06. The maximum absolute atomic E-state index is 14.3. The van der Waals surface area contributed by atoms with Crippen molar-refractivity contribution in [1.29, 1.82) is 5.26 Å². The topological polar surface area (TPSA) is 113 Å². The Balaban J connectivity index is 1.85. The van der Waals surface area contributed by atoms with Crippen LogP contribution >= 0.6 is 11.6 Å². The number of fused-ring (bicyclic) bond motifs is 1. The molecule has 0 unspecified atom stereocenters. The average Bonchev–Trinajstić information content (AvgIpc) is 3.16. The van der Waals surface area contributed by atoms with E-state index in [0.29, 0.717) is 39.0 Å². The van der Waals surface area contributed by atoms with E-state index in [0.717, 1.165) is 6.20 Å². The molecule has 2 N–H and O–H groups in total. The van der Waals surface area contributed by atoms with Crippen molar-refractivity contribution in [3.05, 3.63) is 65.1 Å². The third kappa shape index (κ3) is 3.11. The van der Waals surface area contributed by atoms with Crippen molar-refractivity contribution in [3.63, 3.8) is 0 Å². The average molecular weight is 396 g/mol. The fraction of sp³-hybridized carbons (Fsp3) is 0.0556. The molecule has 0 spiro atoms. The van der Waals surface area contributed by atoms with E-state index in [1.54, 1.807) is 24.3 Å². The molecule has 0 atom stereocenters. The third-order valence-corrected chi connectivity index (χ3v) is 4.28. The molecule has 3 aromatic heterocycles. The molecule has 138 valence electrons. The zero-order valence-corrected chi connectivity index (χ0v) is 14.9. The Morgan fingerprint density at radius 3 is 2.93 bits per heavy atom. The van der Waals surface area contributed by atoms with Crippen LogP contribution < -0.4 is 5.32 Å². The number of aromatic nitrogens is 5. The van der Waals surface area contributed by atoms with E-state index in [9.17, 15) is 14.8 Å². The lowest BCUT2D eigenvalue weighted by Crippen LogP contribution is -2.00. The number of nitriles is 1. The molecule has 3 heterocycles. The minimum absolute atomic E-state index is 0.0535. The van der Waals surface area contributed by atoms with Gasteiger partial charge >= 0.3 is 0 Å². The maximum atomic E-state index is 14.3. The quantitative estimate of drug-likeness (QED) is 0.545. The third-order valence-electron chi connectivity index (χ3n) is 3.97. The van der Waals surface area contributed by atoms with Gasteiger partial charge in [0.1, 0.15) is 35.2 Å². The summed E-state index contributed by atoms with van der Waals surface area (Å²) in [6.07, 6.45) is 3.86. The molecule has 10 heteroatoms. The Hall–Kier alpha value is -3.61. The summed E-state index contributed by atoms with van der Waals surface area (Å²) in [6.45, 7) is -0.245. The van der Waals surface area contributed by atoms with Crippen molar-refractivity contribution < 1.29 is 9.50 Å². The van der Waals surface area contributed by atoms with Crippen molar-refractivity contribution in [2.75, 3.05) is 5.32 Å². The number of nitrogens with zero attached hydrogens (tertiary/aromatic N) is 6. The van der Waals surface area contributed by atoms with Crippen molar-refractivity contribution >= 4 is 34.1 Å². The number of hydrogen-bond acceptors (Lipinski definition) is 7. The van der Waals surface area contributed by atoms with E-state index in [-0.39, 0.29) is 12.1 Å². The molecule has 0 radical (unpaired) electrons. The molecule has 4 aromatic rings. The van der Waals surface area contributed by atoms with Gasteiger partial charge in [-0.2, -0.15) is 10.4 Å². The molecule has 0 aliphatic rings. The van der Waals surface area contributed by atoms with Crippen molar-refractivity contribution in [2.24, 2.45) is 0 Å². The van der Waals surface area contributed by atoms with Crippen LogP contribution in [0.1, 0.15) is 11.3 Å². The van der Waals surface area contributed by atoms with Gasteiger partial charge in [0, 0.05) is 12.3 Å². The fourth-order valence-corrected chi connectivity index (χ4v) is 2.96. The van der Waals surface area contributed by atoms with Gasteiger partial charge in [-0.3, -0.25) is 0 Å². The summed E-state index contributed by atoms with van der Waals surface area (Å²) in [5.41, 5.74) is 1.11. The van der Waals surface area contributed by atoms with Crippen LogP contribution in [0.25, 0.3) is 16.6 Å². The summed E-state index contributed by atoms with van der Waals surface area (Å²) >= 11 is 6.24. The van der Waals surface area contributed by atoms with Crippen molar-refractivity contribution in [1.82, 2.24) is 24.7 Å². The Labute approximate surface area is 162 Å². The Morgan fingerprint density at radius 2 is 2.14 bits per heavy atom. The number of rotatable bonds is 4. The predicted molar refractivity (Wildman–Crippen MR) is 99.8 cm³/mol. The largest absolute Gasteiger partial charge is 0.390 e. The minimum Gasteiger partial charge on any atom is -0.390 e. The first-order valence-corrected chi connectivity index (χ1v) is 8.40. The van der Waals surface area contributed by atoms with Crippen LogP contribution in [0.5, 0.6) is 0 Å². The molecule has 1 aromatic carbocycles. The van der Waals surface area contributed by atoms with Gasteiger partial charge in [0.25, 0.3) is 0 Å². The summed E-state index contributed by atoms with van der Waals surface area (Å²) in [6, 6.07) is 8.46. The molecule has 0 aliphatic heterocycles. The van der Waals surface area contributed by atoms with Crippen LogP contribution in [0, 0.1) is 17.1 Å². The van der Waals surface area contributed by atoms with Crippen molar-refractivity contribution in [2.45, 2.75) is 6.61 Å². The number of nitrogens with one attached hydrogen (secondary N) is 1. The number of pyridine rings is 1. The molecule has 0 saturated carbocycles. The maximum Gasteiger partial charge on any atom is 0.169 e. The van der Waals surface area contributed by atoms with Gasteiger partial charge in [-0.05, 0) is 12.1 Å². The van der Waals surface area contributed by atoms with E-state index in [1.165, 1.54) is 17.2 Å². The van der Waals surface area contributed by atoms with Crippen LogP contribution in [0.2, 0.25) is 5.02 Å². The van der Waals surface area contributed by atoms with Gasteiger partial charge in [0.2, 0.25) is 0 Å². The summed E-state index contributed by atoms with van der Waals surface area (Å²) in [4.78, 5) is 12.0. The highest BCUT2D eigenvalue weighted by Crippen LogP contribution is 2.29. The molecule has 0 bridgehead atoms. The zero-order chi connectivity index (χ0) is 19.7. The first kappa shape index (κ1) is 17.8. The van der Waals surface area contributed by atoms with Gasteiger partial charge < -0.3 is 10.4 Å². The lowest BCUT2D eigenvalue weighted by atomic mass is 10.2. The number of benzene rings is 1. The summed E-state index contributed by atoms with van der Waals surface area (Å²) in [5.74, 6) is 0.0575. The zero-order valence-electron chi connectivity index (χ0n) is 14.1. The summed E-state index contributed by atoms with van der Waals surface area (Å²) < 4.78 is 15.7. The lowest BCUT2D eigenvalue weighted by molar-refractivity contribution is 0.276. The normalized spacial score (nSPS) is 10.8. The number of para-hydroxylation sites is 1. The Bertz CT molecular complexity index is 1230. The monoisotopic (exact) mass is 395 g/mol. The molecule has 0 aliphatic carbocycles. The predicted octanol–water partition coefficient (Wildman–Crippen LogP) is 3.11. The van der Waals surface area contributed by atoms with Crippen molar-refractivity contribution in [3.8, 4) is 11.8 Å². The molecule has 4 rings (SSSR count). The van der Waals surface area contributed by atoms with Crippen LogP contribution in [0.4, 0.5) is 16.0 Å². The first-order valence-electron chi connectivity index (χ1n) is 8.02. The van der Waals surface area contributed by atoms with Gasteiger partial charge in [-0.1, -0.05) is 17.7 Å². The fourth-order valence-electron chi connectivity index (χ4n) is 2.70. The van der Waals surface area contributed by atoms with Gasteiger partial charge in [-0.15, -0.1) is 0 Å². The molecule has 0 fully saturated rings. The highest BCUT2D eigenvalue weighted by molar-refractivity contribution is 6.32. The summed E-state index contributed by atoms with van der Waals surface area (Å²) in [5, 5.41) is 26.4. The van der Waals surface area contributed by atoms with E-state index < -0.39 is 5.82 Å². The second-order valence-electron chi connectivity index (χ2n) is 5.72. The second kappa shape index (κ2) is 7.19. The van der Waals surface area contributed by atoms with E-state index in [2.05, 4.69) is 31.4 Å². The van der Waals surface area contributed by atoms with Crippen LogP contribution in [0.15, 0.2) is 43.0 Å². The summed E-state index contributed by atoms with van der Waals surface area (Å²) in [7, 11) is 0. The molecule has 8 nitrogen and oxygen atoms in total. The van der Waals surface area contributed by atoms with E-state index in [4.69, 9.17) is 11.6 Å². The molecular formula is C18H11ClFN7O. The van der Waals surface area contributed by atoms with Crippen LogP contribution in [-0.2, 0) is 6.61 Å². The van der Waals surface area contributed by atoms with Gasteiger partial charge in [0.05, 0.1) is 34.5 Å². The van der Waals surface area contributed by atoms with Crippen LogP contribution in [-0.4, -0.2) is 29.8 Å². The Morgan fingerprint density at radius 1 is 1.29 bits per heavy atom. The minimum atomic E-state index is -0.622. The van der Waals surface area contributed by atoms with Gasteiger partial charge in [-0.25, -0.2) is 24.0 Å². The van der Waals surface area contributed by atoms with Crippen LogP contribution in [0.3, 0.4) is 0 Å². The number of hydrogen-bond donors (Lipinski definition) is 2. The van der Waals surface area contributed by atoms with E-state index >= 15 is 0 Å². The number of aliphatic hydroxyl groups is 1. The molecule has 28 heavy (non-hydrogen) atoms. The molecule has 0 amide bonds. The molecule has 0 saturated heterocycles. The van der Waals surface area contributed by atoms with Gasteiger partial charge in [0.15, 0.2) is 5.82 Å². The highest BCUT2D eigenvalue weighted by Gasteiger charge is 2.17. The second-order valence-corrected chi connectivity index (χ2v) is 6.12. The highest BCUT2D eigenvalue weighted by atomic mass is 35.5. The SMILES string of the molecule is N#Cc1cccc(Cl)c1-n1cc2c(Nc3cc(CO)ncn3)ncc(F)c2n1. The smallest absolute Gasteiger partial charge is 0.169 e. The standard InChI is InChI=1S/C18H11ClFN7O/c19-13-3-1-2-10(5-21)17(13)27-7-12-16(26-27)14(20)6-22-18(12)25-15-4-11(8-28)23-9-24-15/h1-4,6-7,9,28H,8H2,(H,22,23,24,25). The molecular weight excluding hydrogens is 385 g/mol.